The van der Waals surface area contributed by atoms with Crippen LogP contribution in [0.5, 0.6) is 0 Å². The van der Waals surface area contributed by atoms with Crippen LogP contribution >= 0.6 is 11.3 Å². The van der Waals surface area contributed by atoms with Crippen LogP contribution in [-0.4, -0.2) is 41.9 Å². The smallest absolute Gasteiger partial charge is 0.264 e. The minimum Gasteiger partial charge on any atom is -0.333 e. The highest BCUT2D eigenvalue weighted by Gasteiger charge is 2.29. The summed E-state index contributed by atoms with van der Waals surface area (Å²) in [7, 11) is 3.84. The number of hydrogen-bond donors (Lipinski definition) is 0. The Morgan fingerprint density at radius 1 is 1.33 bits per heavy atom. The molecule has 7 nitrogen and oxygen atoms in total. The summed E-state index contributed by atoms with van der Waals surface area (Å²) < 4.78 is 3.75. The number of thiophene rings is 1. The van der Waals surface area contributed by atoms with E-state index < -0.39 is 0 Å². The van der Waals surface area contributed by atoms with Crippen LogP contribution in [0.1, 0.15) is 26.5 Å². The van der Waals surface area contributed by atoms with Crippen molar-refractivity contribution in [2.24, 2.45) is 14.1 Å². The van der Waals surface area contributed by atoms with E-state index in [4.69, 9.17) is 0 Å². The van der Waals surface area contributed by atoms with Crippen molar-refractivity contribution in [3.8, 4) is 11.5 Å². The van der Waals surface area contributed by atoms with Crippen molar-refractivity contribution in [1.82, 2.24) is 29.4 Å². The zero-order valence-corrected chi connectivity index (χ0v) is 14.7. The first-order valence-corrected chi connectivity index (χ1v) is 8.66. The van der Waals surface area contributed by atoms with E-state index in [9.17, 15) is 4.79 Å². The Hall–Kier alpha value is -2.48. The molecular weight excluding hydrogens is 324 g/mol. The number of hydrogen-bond acceptors (Lipinski definition) is 5. The number of carbonyl (C=O) groups is 1. The fraction of sp³-hybridized carbons (Fsp3) is 0.375. The summed E-state index contributed by atoms with van der Waals surface area (Å²) in [5.41, 5.74) is 4.09. The van der Waals surface area contributed by atoms with E-state index in [-0.39, 0.29) is 5.91 Å². The molecule has 0 saturated carbocycles. The van der Waals surface area contributed by atoms with Gasteiger partial charge in [0.25, 0.3) is 5.91 Å². The molecule has 1 amide bonds. The third-order valence-electron chi connectivity index (χ3n) is 4.51. The molecule has 0 saturated heterocycles. The van der Waals surface area contributed by atoms with Crippen LogP contribution in [0.15, 0.2) is 17.8 Å². The van der Waals surface area contributed by atoms with Crippen molar-refractivity contribution in [3.63, 3.8) is 0 Å². The summed E-state index contributed by atoms with van der Waals surface area (Å²) in [6, 6.07) is 1.99. The van der Waals surface area contributed by atoms with Crippen LogP contribution in [0.2, 0.25) is 0 Å². The first-order valence-electron chi connectivity index (χ1n) is 7.78. The highest BCUT2D eigenvalue weighted by molar-refractivity contribution is 7.12. The number of aryl methyl sites for hydroxylation is 3. The molecule has 4 rings (SSSR count). The van der Waals surface area contributed by atoms with Crippen molar-refractivity contribution in [2.45, 2.75) is 19.9 Å². The molecule has 0 bridgehead atoms. The molecule has 0 radical (unpaired) electrons. The molecule has 24 heavy (non-hydrogen) atoms. The molecule has 4 heterocycles. The number of rotatable bonds is 2. The number of amides is 1. The van der Waals surface area contributed by atoms with Crippen LogP contribution < -0.4 is 0 Å². The van der Waals surface area contributed by atoms with E-state index in [1.807, 2.05) is 46.6 Å². The number of carbonyl (C=O) groups excluding carboxylic acids is 1. The molecule has 0 aliphatic carbocycles. The van der Waals surface area contributed by atoms with Gasteiger partial charge in [0.05, 0.1) is 11.4 Å². The molecule has 1 aliphatic rings. The van der Waals surface area contributed by atoms with E-state index in [1.165, 1.54) is 17.0 Å². The topological polar surface area (TPSA) is 68.8 Å². The van der Waals surface area contributed by atoms with Crippen LogP contribution in [0.25, 0.3) is 11.5 Å². The first kappa shape index (κ1) is 15.1. The van der Waals surface area contributed by atoms with Gasteiger partial charge in [0.2, 0.25) is 0 Å². The van der Waals surface area contributed by atoms with Gasteiger partial charge in [0, 0.05) is 38.3 Å². The summed E-state index contributed by atoms with van der Waals surface area (Å²) in [4.78, 5) is 15.6. The molecular formula is C16H18N6OS. The van der Waals surface area contributed by atoms with E-state index in [1.54, 1.807) is 6.33 Å². The minimum atomic E-state index is 0.0981. The third-order valence-corrected chi connectivity index (χ3v) is 5.51. The molecule has 0 fully saturated rings. The molecule has 124 valence electrons. The van der Waals surface area contributed by atoms with Gasteiger partial charge in [-0.1, -0.05) is 0 Å². The van der Waals surface area contributed by atoms with Gasteiger partial charge in [-0.15, -0.1) is 21.5 Å². The molecule has 0 unspecified atom stereocenters. The fourth-order valence-electron chi connectivity index (χ4n) is 3.18. The molecule has 3 aromatic heterocycles. The van der Waals surface area contributed by atoms with Gasteiger partial charge in [0.15, 0.2) is 5.82 Å². The van der Waals surface area contributed by atoms with Crippen molar-refractivity contribution in [1.29, 1.82) is 0 Å². The summed E-state index contributed by atoms with van der Waals surface area (Å²) in [6.07, 6.45) is 2.46. The molecule has 3 aromatic rings. The van der Waals surface area contributed by atoms with E-state index in [2.05, 4.69) is 15.3 Å². The quantitative estimate of drug-likeness (QED) is 0.712. The molecule has 1 aliphatic heterocycles. The highest BCUT2D eigenvalue weighted by Crippen LogP contribution is 2.30. The zero-order chi connectivity index (χ0) is 16.8. The standard InChI is InChI=1S/C16H18N6OS/c1-10-5-7-24-14(10)16(23)22-6-4-12-11(8-22)13(19-21(12)3)15-18-17-9-20(15)2/h5,7,9H,4,6,8H2,1-3H3. The van der Waals surface area contributed by atoms with Crippen molar-refractivity contribution >= 4 is 17.2 Å². The third kappa shape index (κ3) is 2.25. The van der Waals surface area contributed by atoms with E-state index >= 15 is 0 Å². The Kier molecular flexibility index (Phi) is 3.49. The molecule has 8 heteroatoms. The van der Waals surface area contributed by atoms with Crippen LogP contribution in [0.3, 0.4) is 0 Å². The lowest BCUT2D eigenvalue weighted by Gasteiger charge is -2.27. The van der Waals surface area contributed by atoms with Gasteiger partial charge < -0.3 is 9.47 Å². The fourth-order valence-corrected chi connectivity index (χ4v) is 4.07. The first-order chi connectivity index (χ1) is 11.6. The van der Waals surface area contributed by atoms with Gasteiger partial charge in [0.1, 0.15) is 12.0 Å². The monoisotopic (exact) mass is 342 g/mol. The summed E-state index contributed by atoms with van der Waals surface area (Å²) in [5.74, 6) is 0.828. The Morgan fingerprint density at radius 2 is 2.17 bits per heavy atom. The second-order valence-corrected chi connectivity index (χ2v) is 6.99. The predicted octanol–water partition coefficient (Wildman–Crippen LogP) is 1.78. The van der Waals surface area contributed by atoms with Crippen LogP contribution in [0.4, 0.5) is 0 Å². The Bertz CT molecular complexity index is 921. The summed E-state index contributed by atoms with van der Waals surface area (Å²) >= 11 is 1.50. The van der Waals surface area contributed by atoms with Crippen molar-refractivity contribution in [2.75, 3.05) is 6.54 Å². The van der Waals surface area contributed by atoms with E-state index in [0.29, 0.717) is 13.1 Å². The van der Waals surface area contributed by atoms with Gasteiger partial charge in [-0.25, -0.2) is 0 Å². The highest BCUT2D eigenvalue weighted by atomic mass is 32.1. The second kappa shape index (κ2) is 5.55. The number of aromatic nitrogens is 5. The molecule has 0 spiro atoms. The molecule has 0 N–H and O–H groups in total. The van der Waals surface area contributed by atoms with Gasteiger partial charge in [-0.3, -0.25) is 9.48 Å². The molecule has 0 aromatic carbocycles. The maximum atomic E-state index is 12.8. The maximum absolute atomic E-state index is 12.8. The van der Waals surface area contributed by atoms with Gasteiger partial charge in [-0.2, -0.15) is 5.10 Å². The molecule has 0 atom stereocenters. The van der Waals surface area contributed by atoms with Crippen LogP contribution in [0, 0.1) is 6.92 Å². The van der Waals surface area contributed by atoms with Gasteiger partial charge in [-0.05, 0) is 23.9 Å². The Morgan fingerprint density at radius 3 is 2.83 bits per heavy atom. The Labute approximate surface area is 143 Å². The average molecular weight is 342 g/mol. The maximum Gasteiger partial charge on any atom is 0.264 e. The lowest BCUT2D eigenvalue weighted by atomic mass is 10.0. The average Bonchev–Trinajstić information content (AvgIpc) is 3.26. The van der Waals surface area contributed by atoms with Crippen molar-refractivity contribution < 1.29 is 4.79 Å². The summed E-state index contributed by atoms with van der Waals surface area (Å²) in [5, 5.41) is 14.7. The van der Waals surface area contributed by atoms with Crippen molar-refractivity contribution in [3.05, 3.63) is 39.5 Å². The van der Waals surface area contributed by atoms with Gasteiger partial charge >= 0.3 is 0 Å². The largest absolute Gasteiger partial charge is 0.333 e. The predicted molar refractivity (Wildman–Crippen MR) is 90.7 cm³/mol. The summed E-state index contributed by atoms with van der Waals surface area (Å²) in [6.45, 7) is 3.25. The van der Waals surface area contributed by atoms with Crippen LogP contribution in [-0.2, 0) is 27.1 Å². The lowest BCUT2D eigenvalue weighted by Crippen LogP contribution is -2.36. The Balaban J connectivity index is 1.71. The second-order valence-electron chi connectivity index (χ2n) is 6.07. The van der Waals surface area contributed by atoms with E-state index in [0.717, 1.165) is 33.9 Å². The normalized spacial score (nSPS) is 14.0. The number of nitrogens with zero attached hydrogens (tertiary/aromatic N) is 6. The minimum absolute atomic E-state index is 0.0981. The zero-order valence-electron chi connectivity index (χ0n) is 13.9. The SMILES string of the molecule is Cc1ccsc1C(=O)N1CCc2c(c(-c3nncn3C)nn2C)C1. The number of fused-ring (bicyclic) bond motifs is 1. The lowest BCUT2D eigenvalue weighted by molar-refractivity contribution is 0.0738.